The number of carbonyl (C=O) groups excluding carboxylic acids is 5. The maximum Gasteiger partial charge on any atom is 0.226 e. The SMILES string of the molecule is [B]NC(=O)CCOCC(COCCC(=O)N[B])(COCCC(=O)N[B])NC(=O)CCC(=O)C(C)(C)C. The second kappa shape index (κ2) is 18.0. The maximum absolute atomic E-state index is 12.8. The molecule has 0 rings (SSSR count). The summed E-state index contributed by atoms with van der Waals surface area (Å²) < 4.78 is 16.8. The summed E-state index contributed by atoms with van der Waals surface area (Å²) in [5.74, 6) is -1.88. The van der Waals surface area contributed by atoms with Crippen LogP contribution in [0.1, 0.15) is 52.9 Å². The number of ketones is 1. The highest BCUT2D eigenvalue weighted by atomic mass is 16.5. The van der Waals surface area contributed by atoms with Crippen LogP contribution in [0.2, 0.25) is 0 Å². The van der Waals surface area contributed by atoms with E-state index in [4.69, 9.17) is 38.2 Å². The van der Waals surface area contributed by atoms with E-state index < -0.39 is 34.6 Å². The fraction of sp³-hybridized carbons (Fsp3) is 0.762. The Morgan fingerprint density at radius 1 is 0.583 bits per heavy atom. The lowest BCUT2D eigenvalue weighted by Gasteiger charge is -2.34. The molecule has 0 atom stereocenters. The van der Waals surface area contributed by atoms with Gasteiger partial charge in [-0.05, 0) is 0 Å². The Kier molecular flexibility index (Phi) is 16.8. The topological polar surface area (TPSA) is 161 Å². The van der Waals surface area contributed by atoms with Crippen molar-refractivity contribution in [2.24, 2.45) is 5.41 Å². The molecule has 0 aliphatic heterocycles. The molecular formula is C21H35B3N4O8. The third-order valence-corrected chi connectivity index (χ3v) is 4.86. The van der Waals surface area contributed by atoms with Crippen molar-refractivity contribution in [2.45, 2.75) is 58.4 Å². The Hall–Kier alpha value is -2.38. The van der Waals surface area contributed by atoms with E-state index in [0.29, 0.717) is 0 Å². The lowest BCUT2D eigenvalue weighted by atomic mass is 9.88. The van der Waals surface area contributed by atoms with Crippen molar-refractivity contribution in [1.82, 2.24) is 21.0 Å². The van der Waals surface area contributed by atoms with Crippen molar-refractivity contribution in [3.8, 4) is 0 Å². The van der Waals surface area contributed by atoms with Crippen molar-refractivity contribution in [1.29, 1.82) is 0 Å². The van der Waals surface area contributed by atoms with Crippen LogP contribution in [0, 0.1) is 5.41 Å². The van der Waals surface area contributed by atoms with Crippen LogP contribution >= 0.6 is 0 Å². The van der Waals surface area contributed by atoms with Gasteiger partial charge in [-0.1, -0.05) is 20.8 Å². The Balaban J connectivity index is 5.43. The molecule has 4 N–H and O–H groups in total. The van der Waals surface area contributed by atoms with Gasteiger partial charge in [0.25, 0.3) is 0 Å². The van der Waals surface area contributed by atoms with Gasteiger partial charge in [0.1, 0.15) is 11.3 Å². The average Bonchev–Trinajstić information content (AvgIpc) is 2.84. The second-order valence-electron chi connectivity index (χ2n) is 9.11. The zero-order valence-corrected chi connectivity index (χ0v) is 21.3. The third-order valence-electron chi connectivity index (χ3n) is 4.86. The van der Waals surface area contributed by atoms with Gasteiger partial charge in [0.05, 0.1) is 39.6 Å². The summed E-state index contributed by atoms with van der Waals surface area (Å²) in [5, 5.41) is 8.75. The van der Waals surface area contributed by atoms with Gasteiger partial charge in [-0.2, -0.15) is 0 Å². The Bertz CT molecular complexity index is 675. The van der Waals surface area contributed by atoms with Crippen molar-refractivity contribution in [3.63, 3.8) is 0 Å². The zero-order chi connectivity index (χ0) is 27.6. The molecule has 0 heterocycles. The van der Waals surface area contributed by atoms with Crippen LogP contribution in [0.15, 0.2) is 0 Å². The first-order valence-corrected chi connectivity index (χ1v) is 11.4. The van der Waals surface area contributed by atoms with E-state index in [0.717, 1.165) is 0 Å². The molecule has 196 valence electrons. The van der Waals surface area contributed by atoms with Crippen LogP contribution in [0.4, 0.5) is 0 Å². The molecular weight excluding hydrogens is 469 g/mol. The first-order chi connectivity index (χ1) is 16.9. The minimum Gasteiger partial charge on any atom is -0.409 e. The highest BCUT2D eigenvalue weighted by Gasteiger charge is 2.34. The minimum atomic E-state index is -1.26. The molecule has 0 saturated carbocycles. The van der Waals surface area contributed by atoms with Gasteiger partial charge >= 0.3 is 0 Å². The molecule has 0 aromatic carbocycles. The zero-order valence-electron chi connectivity index (χ0n) is 21.3. The number of hydrogen-bond donors (Lipinski definition) is 4. The normalized spacial score (nSPS) is 11.4. The molecule has 0 aromatic rings. The predicted molar refractivity (Wildman–Crippen MR) is 133 cm³/mol. The molecule has 6 radical (unpaired) electrons. The van der Waals surface area contributed by atoms with Gasteiger partial charge < -0.3 is 35.2 Å². The van der Waals surface area contributed by atoms with E-state index in [1.54, 1.807) is 20.8 Å². The van der Waals surface area contributed by atoms with E-state index >= 15 is 0 Å². The molecule has 0 unspecified atom stereocenters. The van der Waals surface area contributed by atoms with E-state index in [-0.39, 0.29) is 77.5 Å². The van der Waals surface area contributed by atoms with Crippen LogP contribution in [-0.4, -0.2) is 98.5 Å². The third kappa shape index (κ3) is 15.6. The number of rotatable bonds is 19. The monoisotopic (exact) mass is 504 g/mol. The summed E-state index contributed by atoms with van der Waals surface area (Å²) in [6.07, 6.45) is -0.155. The van der Waals surface area contributed by atoms with Crippen LogP contribution in [-0.2, 0) is 38.2 Å². The molecule has 4 amide bonds. The van der Waals surface area contributed by atoms with Gasteiger partial charge in [0, 0.05) is 37.5 Å². The van der Waals surface area contributed by atoms with Crippen LogP contribution in [0.5, 0.6) is 0 Å². The molecule has 0 bridgehead atoms. The number of Topliss-reactive ketones (excluding diaryl/α,β-unsaturated/α-hetero) is 1. The lowest BCUT2D eigenvalue weighted by molar-refractivity contribution is -0.133. The molecule has 0 aliphatic rings. The van der Waals surface area contributed by atoms with Crippen LogP contribution in [0.3, 0.4) is 0 Å². The molecule has 0 spiro atoms. The number of carbonyl (C=O) groups is 5. The molecule has 15 heteroatoms. The van der Waals surface area contributed by atoms with E-state index in [9.17, 15) is 24.0 Å². The van der Waals surface area contributed by atoms with Crippen LogP contribution < -0.4 is 21.0 Å². The molecule has 0 aliphatic carbocycles. The summed E-state index contributed by atoms with van der Waals surface area (Å²) >= 11 is 0. The number of amides is 4. The smallest absolute Gasteiger partial charge is 0.226 e. The van der Waals surface area contributed by atoms with Crippen molar-refractivity contribution < 1.29 is 38.2 Å². The molecule has 0 aromatic heterocycles. The highest BCUT2D eigenvalue weighted by Crippen LogP contribution is 2.18. The van der Waals surface area contributed by atoms with Crippen molar-refractivity contribution >= 4 is 53.4 Å². The lowest BCUT2D eigenvalue weighted by Crippen LogP contribution is -2.58. The summed E-state index contributed by atoms with van der Waals surface area (Å²) in [4.78, 5) is 59.2. The van der Waals surface area contributed by atoms with E-state index in [1.165, 1.54) is 0 Å². The Morgan fingerprint density at radius 2 is 0.944 bits per heavy atom. The summed E-state index contributed by atoms with van der Waals surface area (Å²) in [6.45, 7) is 4.80. The van der Waals surface area contributed by atoms with Gasteiger partial charge in [0.15, 0.2) is 0 Å². The van der Waals surface area contributed by atoms with Crippen molar-refractivity contribution in [3.05, 3.63) is 0 Å². The van der Waals surface area contributed by atoms with Gasteiger partial charge in [0.2, 0.25) is 47.6 Å². The largest absolute Gasteiger partial charge is 0.409 e. The number of hydrogen-bond acceptors (Lipinski definition) is 8. The van der Waals surface area contributed by atoms with Gasteiger partial charge in [-0.15, -0.1) is 0 Å². The van der Waals surface area contributed by atoms with Crippen LogP contribution in [0.25, 0.3) is 0 Å². The molecule has 36 heavy (non-hydrogen) atoms. The first-order valence-electron chi connectivity index (χ1n) is 11.4. The predicted octanol–water partition coefficient (Wildman–Crippen LogP) is -1.94. The number of ether oxygens (including phenoxy) is 3. The minimum absolute atomic E-state index is 0.0195. The maximum atomic E-state index is 12.8. The fourth-order valence-corrected chi connectivity index (χ4v) is 2.71. The standard InChI is InChI=1S/C21H35B3N4O8/c1-20(2,3)15(29)4-5-16(30)25-21(12-34-9-6-17(31)26-22,13-35-10-7-18(32)27-23)14-36-11-8-19(33)28-24/h4-14H2,1-3H3,(H,25,30)(H,26,31)(H,27,32)(H,28,33). The van der Waals surface area contributed by atoms with Gasteiger partial charge in [-0.3, -0.25) is 24.0 Å². The molecule has 0 fully saturated rings. The summed E-state index contributed by atoms with van der Waals surface area (Å²) in [7, 11) is 15.2. The first kappa shape index (κ1) is 33.6. The molecule has 0 saturated heterocycles. The fourth-order valence-electron chi connectivity index (χ4n) is 2.71. The highest BCUT2D eigenvalue weighted by molar-refractivity contribution is 6.14. The Labute approximate surface area is 216 Å². The average molecular weight is 504 g/mol. The van der Waals surface area contributed by atoms with Gasteiger partial charge in [-0.25, -0.2) is 0 Å². The van der Waals surface area contributed by atoms with Crippen molar-refractivity contribution in [2.75, 3.05) is 39.6 Å². The second-order valence-corrected chi connectivity index (χ2v) is 9.11. The van der Waals surface area contributed by atoms with E-state index in [2.05, 4.69) is 5.32 Å². The molecule has 12 nitrogen and oxygen atoms in total. The van der Waals surface area contributed by atoms with E-state index in [1.807, 2.05) is 15.7 Å². The quantitative estimate of drug-likeness (QED) is 0.117. The number of nitrogens with one attached hydrogen (secondary N) is 4. The summed E-state index contributed by atoms with van der Waals surface area (Å²) in [5.41, 5.74) is -1.86. The summed E-state index contributed by atoms with van der Waals surface area (Å²) in [6, 6.07) is 0. The Morgan fingerprint density at radius 3 is 1.25 bits per heavy atom.